The Morgan fingerprint density at radius 3 is 2.60 bits per heavy atom. The van der Waals surface area contributed by atoms with Gasteiger partial charge in [-0.25, -0.2) is 0 Å². The van der Waals surface area contributed by atoms with Crippen LogP contribution in [0.1, 0.15) is 39.0 Å². The molecule has 1 aliphatic rings. The highest BCUT2D eigenvalue weighted by Gasteiger charge is 2.20. The summed E-state index contributed by atoms with van der Waals surface area (Å²) in [5.74, 6) is -0.122. The number of hydrogen-bond donors (Lipinski definition) is 2. The average molecular weight is 213 g/mol. The number of nitrogens with one attached hydrogen (secondary N) is 1. The van der Waals surface area contributed by atoms with E-state index in [1.807, 2.05) is 0 Å². The second kappa shape index (κ2) is 5.73. The summed E-state index contributed by atoms with van der Waals surface area (Å²) < 4.78 is 0. The fourth-order valence-corrected chi connectivity index (χ4v) is 1.58. The zero-order valence-corrected chi connectivity index (χ0v) is 9.16. The molecule has 0 aromatic carbocycles. The van der Waals surface area contributed by atoms with Crippen LogP contribution in [0.4, 0.5) is 0 Å². The lowest BCUT2D eigenvalue weighted by molar-refractivity contribution is -0.138. The number of aliphatic carboxylic acids is 1. The van der Waals surface area contributed by atoms with Crippen LogP contribution < -0.4 is 5.32 Å². The van der Waals surface area contributed by atoms with Crippen molar-refractivity contribution in [2.75, 3.05) is 6.54 Å². The smallest absolute Gasteiger partial charge is 0.303 e. The Morgan fingerprint density at radius 1 is 1.40 bits per heavy atom. The molecular formula is C11H19NO3. The van der Waals surface area contributed by atoms with Crippen LogP contribution in [-0.4, -0.2) is 23.5 Å². The molecule has 1 saturated carbocycles. The van der Waals surface area contributed by atoms with Crippen molar-refractivity contribution in [2.45, 2.75) is 39.0 Å². The van der Waals surface area contributed by atoms with E-state index in [1.165, 1.54) is 12.8 Å². The average Bonchev–Trinajstić information content (AvgIpc) is 2.85. The highest BCUT2D eigenvalue weighted by Crippen LogP contribution is 2.31. The molecule has 0 aromatic rings. The van der Waals surface area contributed by atoms with Gasteiger partial charge in [0, 0.05) is 19.4 Å². The number of rotatable bonds is 7. The van der Waals surface area contributed by atoms with Gasteiger partial charge in [0.25, 0.3) is 0 Å². The molecule has 0 spiro atoms. The molecule has 1 fully saturated rings. The molecule has 1 atom stereocenters. The van der Waals surface area contributed by atoms with Crippen LogP contribution in [0.5, 0.6) is 0 Å². The van der Waals surface area contributed by atoms with Crippen LogP contribution in [0.15, 0.2) is 0 Å². The van der Waals surface area contributed by atoms with Gasteiger partial charge in [0.15, 0.2) is 0 Å². The van der Waals surface area contributed by atoms with Gasteiger partial charge < -0.3 is 10.4 Å². The molecule has 1 amide bonds. The minimum absolute atomic E-state index is 0.0237. The minimum atomic E-state index is -0.840. The van der Waals surface area contributed by atoms with Crippen LogP contribution in [0, 0.1) is 11.8 Å². The molecule has 0 aromatic heterocycles. The standard InChI is InChI=1S/C11H19NO3/c1-8(7-11(14)15)6-10(13)12-5-4-9-2-3-9/h8-9H,2-7H2,1H3,(H,12,13)(H,14,15). The van der Waals surface area contributed by atoms with E-state index in [1.54, 1.807) is 6.92 Å². The maximum atomic E-state index is 11.3. The predicted molar refractivity (Wildman–Crippen MR) is 56.4 cm³/mol. The summed E-state index contributed by atoms with van der Waals surface area (Å²) in [6, 6.07) is 0. The Kier molecular flexibility index (Phi) is 4.59. The fraction of sp³-hybridized carbons (Fsp3) is 0.818. The zero-order valence-electron chi connectivity index (χ0n) is 9.16. The normalized spacial score (nSPS) is 17.1. The summed E-state index contributed by atoms with van der Waals surface area (Å²) >= 11 is 0. The number of carbonyl (C=O) groups is 2. The molecular weight excluding hydrogens is 194 g/mol. The predicted octanol–water partition coefficient (Wildman–Crippen LogP) is 1.40. The van der Waals surface area contributed by atoms with Crippen molar-refractivity contribution >= 4 is 11.9 Å². The summed E-state index contributed by atoms with van der Waals surface area (Å²) in [5.41, 5.74) is 0. The third-order valence-corrected chi connectivity index (χ3v) is 2.63. The summed E-state index contributed by atoms with van der Waals surface area (Å²) in [7, 11) is 0. The van der Waals surface area contributed by atoms with Gasteiger partial charge in [0.2, 0.25) is 5.91 Å². The first-order valence-electron chi connectivity index (χ1n) is 5.56. The Balaban J connectivity index is 2.02. The Morgan fingerprint density at radius 2 is 2.07 bits per heavy atom. The molecule has 4 nitrogen and oxygen atoms in total. The van der Waals surface area contributed by atoms with Crippen molar-refractivity contribution in [3.63, 3.8) is 0 Å². The third-order valence-electron chi connectivity index (χ3n) is 2.63. The Hall–Kier alpha value is -1.06. The molecule has 2 N–H and O–H groups in total. The van der Waals surface area contributed by atoms with Gasteiger partial charge in [-0.3, -0.25) is 9.59 Å². The second-order valence-electron chi connectivity index (χ2n) is 4.49. The topological polar surface area (TPSA) is 66.4 Å². The molecule has 1 rings (SSSR count). The fourth-order valence-electron chi connectivity index (χ4n) is 1.58. The lowest BCUT2D eigenvalue weighted by Crippen LogP contribution is -2.26. The van der Waals surface area contributed by atoms with Crippen molar-refractivity contribution in [3.8, 4) is 0 Å². The van der Waals surface area contributed by atoms with Crippen molar-refractivity contribution in [1.29, 1.82) is 0 Å². The van der Waals surface area contributed by atoms with Crippen molar-refractivity contribution < 1.29 is 14.7 Å². The first kappa shape index (κ1) is 12.0. The molecule has 0 bridgehead atoms. The van der Waals surface area contributed by atoms with Gasteiger partial charge in [-0.2, -0.15) is 0 Å². The first-order chi connectivity index (χ1) is 7.08. The van der Waals surface area contributed by atoms with Crippen molar-refractivity contribution in [2.24, 2.45) is 11.8 Å². The van der Waals surface area contributed by atoms with Crippen LogP contribution in [-0.2, 0) is 9.59 Å². The van der Waals surface area contributed by atoms with Crippen LogP contribution >= 0.6 is 0 Å². The number of amides is 1. The summed E-state index contributed by atoms with van der Waals surface area (Å²) in [4.78, 5) is 21.7. The number of carbonyl (C=O) groups excluding carboxylic acids is 1. The summed E-state index contributed by atoms with van der Waals surface area (Å²) in [6.45, 7) is 2.53. The molecule has 4 heteroatoms. The van der Waals surface area contributed by atoms with Gasteiger partial charge in [0.1, 0.15) is 0 Å². The quantitative estimate of drug-likeness (QED) is 0.671. The minimum Gasteiger partial charge on any atom is -0.481 e. The highest BCUT2D eigenvalue weighted by molar-refractivity contribution is 5.77. The van der Waals surface area contributed by atoms with Gasteiger partial charge in [-0.1, -0.05) is 19.8 Å². The number of hydrogen-bond acceptors (Lipinski definition) is 2. The lowest BCUT2D eigenvalue weighted by atomic mass is 10.0. The molecule has 86 valence electrons. The summed E-state index contributed by atoms with van der Waals surface area (Å²) in [5, 5.41) is 11.3. The van der Waals surface area contributed by atoms with E-state index in [-0.39, 0.29) is 18.2 Å². The Bertz CT molecular complexity index is 236. The van der Waals surface area contributed by atoms with Crippen molar-refractivity contribution in [1.82, 2.24) is 5.32 Å². The molecule has 0 radical (unpaired) electrons. The van der Waals surface area contributed by atoms with E-state index in [4.69, 9.17) is 5.11 Å². The summed E-state index contributed by atoms with van der Waals surface area (Å²) in [6.07, 6.45) is 4.04. The van der Waals surface area contributed by atoms with E-state index < -0.39 is 5.97 Å². The Labute approximate surface area is 90.0 Å². The highest BCUT2D eigenvalue weighted by atomic mass is 16.4. The number of carboxylic acid groups (broad SMARTS) is 1. The zero-order chi connectivity index (χ0) is 11.3. The molecule has 0 aliphatic heterocycles. The maximum absolute atomic E-state index is 11.3. The molecule has 0 saturated heterocycles. The van der Waals surface area contributed by atoms with Gasteiger partial charge >= 0.3 is 5.97 Å². The van der Waals surface area contributed by atoms with Gasteiger partial charge in [-0.15, -0.1) is 0 Å². The maximum Gasteiger partial charge on any atom is 0.303 e. The molecule has 1 unspecified atom stereocenters. The van der Waals surface area contributed by atoms with Crippen LogP contribution in [0.3, 0.4) is 0 Å². The monoisotopic (exact) mass is 213 g/mol. The number of carboxylic acids is 1. The largest absolute Gasteiger partial charge is 0.481 e. The van der Waals surface area contributed by atoms with E-state index in [0.29, 0.717) is 6.42 Å². The molecule has 0 heterocycles. The van der Waals surface area contributed by atoms with Crippen LogP contribution in [0.2, 0.25) is 0 Å². The molecule has 15 heavy (non-hydrogen) atoms. The molecule has 1 aliphatic carbocycles. The lowest BCUT2D eigenvalue weighted by Gasteiger charge is -2.08. The van der Waals surface area contributed by atoms with E-state index in [0.717, 1.165) is 18.9 Å². The van der Waals surface area contributed by atoms with E-state index >= 15 is 0 Å². The van der Waals surface area contributed by atoms with E-state index in [2.05, 4.69) is 5.32 Å². The van der Waals surface area contributed by atoms with Crippen LogP contribution in [0.25, 0.3) is 0 Å². The third kappa shape index (κ3) is 6.10. The first-order valence-corrected chi connectivity index (χ1v) is 5.56. The van der Waals surface area contributed by atoms with Gasteiger partial charge in [-0.05, 0) is 18.3 Å². The SMILES string of the molecule is CC(CC(=O)O)CC(=O)NCCC1CC1. The second-order valence-corrected chi connectivity index (χ2v) is 4.49. The van der Waals surface area contributed by atoms with Gasteiger partial charge in [0.05, 0.1) is 0 Å². The van der Waals surface area contributed by atoms with Crippen molar-refractivity contribution in [3.05, 3.63) is 0 Å². The van der Waals surface area contributed by atoms with E-state index in [9.17, 15) is 9.59 Å².